The van der Waals surface area contributed by atoms with Crippen LogP contribution in [-0.2, 0) is 6.42 Å². The summed E-state index contributed by atoms with van der Waals surface area (Å²) in [5.41, 5.74) is 3.12. The first-order valence-electron chi connectivity index (χ1n) is 4.40. The second kappa shape index (κ2) is 3.09. The summed E-state index contributed by atoms with van der Waals surface area (Å²) in [7, 11) is 1.64. The van der Waals surface area contributed by atoms with Crippen LogP contribution in [-0.4, -0.2) is 19.5 Å². The molecule has 0 aromatic heterocycles. The Morgan fingerprint density at radius 1 is 1.54 bits per heavy atom. The highest BCUT2D eigenvalue weighted by molar-refractivity contribution is 5.95. The first-order chi connectivity index (χ1) is 6.31. The van der Waals surface area contributed by atoms with Crippen molar-refractivity contribution in [3.63, 3.8) is 0 Å². The predicted octanol–water partition coefficient (Wildman–Crippen LogP) is 1.01. The molecule has 1 aromatic rings. The fraction of sp³-hybridized carbons (Fsp3) is 0.300. The first-order valence-corrected chi connectivity index (χ1v) is 4.40. The number of anilines is 1. The van der Waals surface area contributed by atoms with Gasteiger partial charge in [0.2, 0.25) is 0 Å². The van der Waals surface area contributed by atoms with Gasteiger partial charge in [-0.3, -0.25) is 4.79 Å². The SMILES string of the molecule is CNC(=O)c1ccc2c(c1)NCC2. The second-order valence-electron chi connectivity index (χ2n) is 3.13. The van der Waals surface area contributed by atoms with Crippen LogP contribution in [0.5, 0.6) is 0 Å². The van der Waals surface area contributed by atoms with E-state index in [0.29, 0.717) is 0 Å². The van der Waals surface area contributed by atoms with Crippen LogP contribution >= 0.6 is 0 Å². The molecule has 0 radical (unpaired) electrons. The van der Waals surface area contributed by atoms with Gasteiger partial charge < -0.3 is 10.6 Å². The topological polar surface area (TPSA) is 41.1 Å². The molecule has 0 atom stereocenters. The first kappa shape index (κ1) is 8.10. The molecular weight excluding hydrogens is 164 g/mol. The van der Waals surface area contributed by atoms with Crippen molar-refractivity contribution in [2.24, 2.45) is 0 Å². The average molecular weight is 176 g/mol. The monoisotopic (exact) mass is 176 g/mol. The van der Waals surface area contributed by atoms with Crippen LogP contribution in [0.4, 0.5) is 5.69 Å². The van der Waals surface area contributed by atoms with E-state index in [2.05, 4.69) is 10.6 Å². The van der Waals surface area contributed by atoms with Crippen LogP contribution in [0.3, 0.4) is 0 Å². The van der Waals surface area contributed by atoms with Gasteiger partial charge in [0.15, 0.2) is 0 Å². The van der Waals surface area contributed by atoms with Gasteiger partial charge in [-0.1, -0.05) is 6.07 Å². The average Bonchev–Trinajstić information content (AvgIpc) is 2.63. The minimum absolute atomic E-state index is 0.0310. The van der Waals surface area contributed by atoms with E-state index in [0.717, 1.165) is 24.2 Å². The van der Waals surface area contributed by atoms with Crippen molar-refractivity contribution < 1.29 is 4.79 Å². The number of hydrogen-bond donors (Lipinski definition) is 2. The number of nitrogens with one attached hydrogen (secondary N) is 2. The van der Waals surface area contributed by atoms with Crippen LogP contribution in [0.2, 0.25) is 0 Å². The molecule has 0 saturated carbocycles. The number of hydrogen-bond acceptors (Lipinski definition) is 2. The molecule has 68 valence electrons. The Labute approximate surface area is 77.1 Å². The molecule has 0 aliphatic carbocycles. The summed E-state index contributed by atoms with van der Waals surface area (Å²) in [5, 5.41) is 5.85. The molecule has 1 aliphatic heterocycles. The zero-order chi connectivity index (χ0) is 9.26. The zero-order valence-corrected chi connectivity index (χ0v) is 7.55. The van der Waals surface area contributed by atoms with Crippen molar-refractivity contribution in [1.29, 1.82) is 0 Å². The lowest BCUT2D eigenvalue weighted by Crippen LogP contribution is -2.17. The van der Waals surface area contributed by atoms with Crippen molar-refractivity contribution in [3.8, 4) is 0 Å². The number of fused-ring (bicyclic) bond motifs is 1. The molecular formula is C10H12N2O. The Morgan fingerprint density at radius 2 is 2.38 bits per heavy atom. The van der Waals surface area contributed by atoms with Crippen LogP contribution in [0, 0.1) is 0 Å². The molecule has 1 aromatic carbocycles. The molecule has 2 rings (SSSR count). The molecule has 0 bridgehead atoms. The van der Waals surface area contributed by atoms with E-state index in [9.17, 15) is 4.79 Å². The Bertz CT molecular complexity index is 347. The molecule has 13 heavy (non-hydrogen) atoms. The minimum Gasteiger partial charge on any atom is -0.384 e. The van der Waals surface area contributed by atoms with Crippen molar-refractivity contribution in [2.75, 3.05) is 18.9 Å². The zero-order valence-electron chi connectivity index (χ0n) is 7.55. The van der Waals surface area contributed by atoms with Gasteiger partial charge >= 0.3 is 0 Å². The summed E-state index contributed by atoms with van der Waals surface area (Å²) in [4.78, 5) is 11.3. The molecule has 1 heterocycles. The third kappa shape index (κ3) is 1.37. The van der Waals surface area contributed by atoms with Crippen molar-refractivity contribution in [3.05, 3.63) is 29.3 Å². The molecule has 3 nitrogen and oxygen atoms in total. The Kier molecular flexibility index (Phi) is 1.93. The molecule has 0 saturated heterocycles. The van der Waals surface area contributed by atoms with E-state index in [4.69, 9.17) is 0 Å². The highest BCUT2D eigenvalue weighted by atomic mass is 16.1. The summed E-state index contributed by atoms with van der Waals surface area (Å²) < 4.78 is 0. The highest BCUT2D eigenvalue weighted by Crippen LogP contribution is 2.22. The number of benzene rings is 1. The summed E-state index contributed by atoms with van der Waals surface area (Å²) in [5.74, 6) is -0.0310. The summed E-state index contributed by atoms with van der Waals surface area (Å²) in [6.45, 7) is 0.979. The van der Waals surface area contributed by atoms with Gasteiger partial charge in [-0.25, -0.2) is 0 Å². The van der Waals surface area contributed by atoms with Crippen molar-refractivity contribution in [1.82, 2.24) is 5.32 Å². The third-order valence-electron chi connectivity index (χ3n) is 2.31. The molecule has 0 unspecified atom stereocenters. The van der Waals surface area contributed by atoms with Gasteiger partial charge in [0.05, 0.1) is 0 Å². The van der Waals surface area contributed by atoms with Crippen molar-refractivity contribution in [2.45, 2.75) is 6.42 Å². The van der Waals surface area contributed by atoms with Crippen LogP contribution < -0.4 is 10.6 Å². The third-order valence-corrected chi connectivity index (χ3v) is 2.31. The summed E-state index contributed by atoms with van der Waals surface area (Å²) in [6, 6.07) is 5.78. The predicted molar refractivity (Wildman–Crippen MR) is 52.0 cm³/mol. The number of carbonyl (C=O) groups excluding carboxylic acids is 1. The fourth-order valence-corrected chi connectivity index (χ4v) is 1.58. The van der Waals surface area contributed by atoms with Gasteiger partial charge in [0.1, 0.15) is 0 Å². The maximum atomic E-state index is 11.3. The van der Waals surface area contributed by atoms with Gasteiger partial charge in [-0.2, -0.15) is 0 Å². The quantitative estimate of drug-likeness (QED) is 0.670. The van der Waals surface area contributed by atoms with E-state index in [1.54, 1.807) is 7.05 Å². The lowest BCUT2D eigenvalue weighted by molar-refractivity contribution is 0.0963. The Hall–Kier alpha value is -1.51. The standard InChI is InChI=1S/C10H12N2O/c1-11-10(13)8-3-2-7-4-5-12-9(7)6-8/h2-3,6,12H,4-5H2,1H3,(H,11,13). The van der Waals surface area contributed by atoms with E-state index < -0.39 is 0 Å². The maximum absolute atomic E-state index is 11.3. The smallest absolute Gasteiger partial charge is 0.251 e. The van der Waals surface area contributed by atoms with Gasteiger partial charge in [-0.15, -0.1) is 0 Å². The highest BCUT2D eigenvalue weighted by Gasteiger charge is 2.11. The number of rotatable bonds is 1. The van der Waals surface area contributed by atoms with Gasteiger partial charge in [0.25, 0.3) is 5.91 Å². The number of carbonyl (C=O) groups is 1. The number of amides is 1. The lowest BCUT2D eigenvalue weighted by atomic mass is 10.1. The van der Waals surface area contributed by atoms with Gasteiger partial charge in [0, 0.05) is 24.8 Å². The molecule has 1 amide bonds. The molecule has 3 heteroatoms. The second-order valence-corrected chi connectivity index (χ2v) is 3.13. The van der Waals surface area contributed by atoms with Crippen LogP contribution in [0.15, 0.2) is 18.2 Å². The fourth-order valence-electron chi connectivity index (χ4n) is 1.58. The van der Waals surface area contributed by atoms with Crippen LogP contribution in [0.1, 0.15) is 15.9 Å². The largest absolute Gasteiger partial charge is 0.384 e. The molecule has 1 aliphatic rings. The normalized spacial score (nSPS) is 13.3. The minimum atomic E-state index is -0.0310. The molecule has 0 spiro atoms. The van der Waals surface area contributed by atoms with Crippen molar-refractivity contribution >= 4 is 11.6 Å². The maximum Gasteiger partial charge on any atom is 0.251 e. The van der Waals surface area contributed by atoms with E-state index in [-0.39, 0.29) is 5.91 Å². The molecule has 0 fully saturated rings. The van der Waals surface area contributed by atoms with Crippen LogP contribution in [0.25, 0.3) is 0 Å². The van der Waals surface area contributed by atoms with Gasteiger partial charge in [-0.05, 0) is 24.1 Å². The van der Waals surface area contributed by atoms with E-state index in [1.165, 1.54) is 5.56 Å². The Balaban J connectivity index is 2.36. The summed E-state index contributed by atoms with van der Waals surface area (Å²) >= 11 is 0. The van der Waals surface area contributed by atoms with E-state index in [1.807, 2.05) is 18.2 Å². The summed E-state index contributed by atoms with van der Waals surface area (Å²) in [6.07, 6.45) is 1.06. The lowest BCUT2D eigenvalue weighted by Gasteiger charge is -2.03. The Morgan fingerprint density at radius 3 is 3.15 bits per heavy atom. The molecule has 2 N–H and O–H groups in total. The van der Waals surface area contributed by atoms with E-state index >= 15 is 0 Å².